The lowest BCUT2D eigenvalue weighted by Crippen LogP contribution is -2.25. The van der Waals surface area contributed by atoms with Crippen LogP contribution in [0.5, 0.6) is 5.75 Å². The molecule has 0 radical (unpaired) electrons. The van der Waals surface area contributed by atoms with Gasteiger partial charge >= 0.3 is 6.18 Å². The van der Waals surface area contributed by atoms with Crippen LogP contribution in [0, 0.1) is 0 Å². The number of hydrogen-bond acceptors (Lipinski definition) is 4. The van der Waals surface area contributed by atoms with Gasteiger partial charge in [0.25, 0.3) is 0 Å². The Morgan fingerprint density at radius 1 is 0.919 bits per heavy atom. The van der Waals surface area contributed by atoms with Gasteiger partial charge < -0.3 is 14.1 Å². The molecule has 0 amide bonds. The van der Waals surface area contributed by atoms with Crippen LogP contribution in [0.15, 0.2) is 77.2 Å². The van der Waals surface area contributed by atoms with Crippen molar-refractivity contribution in [2.75, 3.05) is 26.2 Å². The highest BCUT2D eigenvalue weighted by Crippen LogP contribution is 2.36. The van der Waals surface area contributed by atoms with Crippen molar-refractivity contribution in [3.63, 3.8) is 0 Å². The van der Waals surface area contributed by atoms with Crippen molar-refractivity contribution < 1.29 is 27.1 Å². The molecule has 0 saturated carbocycles. The molecule has 196 valence electrons. The van der Waals surface area contributed by atoms with E-state index in [1.165, 1.54) is 12.1 Å². The minimum absolute atomic E-state index is 0. The molecule has 3 aromatic carbocycles. The molecule has 0 unspecified atom stereocenters. The van der Waals surface area contributed by atoms with Gasteiger partial charge in [0.15, 0.2) is 5.78 Å². The molecule has 4 nitrogen and oxygen atoms in total. The maximum atomic E-state index is 13.5. The lowest BCUT2D eigenvalue weighted by atomic mass is 9.96. The number of rotatable bonds is 10. The zero-order valence-electron chi connectivity index (χ0n) is 20.7. The monoisotopic (exact) mass is 531 g/mol. The molecular formula is C29H29ClF3NO3. The molecule has 0 N–H and O–H groups in total. The highest BCUT2D eigenvalue weighted by molar-refractivity contribution is 6.19. The van der Waals surface area contributed by atoms with Gasteiger partial charge in [-0.05, 0) is 62.0 Å². The van der Waals surface area contributed by atoms with Crippen molar-refractivity contribution in [2.45, 2.75) is 26.4 Å². The zero-order valence-corrected chi connectivity index (χ0v) is 21.5. The first-order valence-electron chi connectivity index (χ1n) is 12.0. The van der Waals surface area contributed by atoms with Gasteiger partial charge in [-0.25, -0.2) is 0 Å². The maximum absolute atomic E-state index is 13.5. The second kappa shape index (κ2) is 12.3. The normalized spacial score (nSPS) is 11.5. The number of ketones is 1. The molecule has 4 rings (SSSR count). The molecule has 0 aliphatic rings. The number of ether oxygens (including phenoxy) is 1. The van der Waals surface area contributed by atoms with Crippen LogP contribution >= 0.6 is 12.4 Å². The third kappa shape index (κ3) is 6.53. The fourth-order valence-corrected chi connectivity index (χ4v) is 4.15. The predicted molar refractivity (Wildman–Crippen MR) is 142 cm³/mol. The number of halogens is 4. The molecule has 1 aromatic heterocycles. The Kier molecular flexibility index (Phi) is 9.40. The first-order chi connectivity index (χ1) is 17.3. The summed E-state index contributed by atoms with van der Waals surface area (Å²) >= 11 is 0. The molecule has 0 bridgehead atoms. The summed E-state index contributed by atoms with van der Waals surface area (Å²) in [7, 11) is 0. The highest BCUT2D eigenvalue weighted by atomic mass is 35.5. The lowest BCUT2D eigenvalue weighted by Gasteiger charge is -2.17. The molecule has 0 atom stereocenters. The first-order valence-corrected chi connectivity index (χ1v) is 12.0. The average molecular weight is 532 g/mol. The van der Waals surface area contributed by atoms with Crippen LogP contribution in [0.25, 0.3) is 22.3 Å². The summed E-state index contributed by atoms with van der Waals surface area (Å²) < 4.78 is 50.8. The number of benzene rings is 3. The number of carbonyl (C=O) groups excluding carboxylic acids is 1. The van der Waals surface area contributed by atoms with E-state index >= 15 is 0 Å². The van der Waals surface area contributed by atoms with Crippen LogP contribution in [-0.2, 0) is 6.18 Å². The fourth-order valence-electron chi connectivity index (χ4n) is 4.15. The highest BCUT2D eigenvalue weighted by Gasteiger charge is 2.31. The minimum Gasteiger partial charge on any atom is -0.494 e. The van der Waals surface area contributed by atoms with Gasteiger partial charge in [0, 0.05) is 23.1 Å². The molecule has 0 aliphatic carbocycles. The molecular weight excluding hydrogens is 503 g/mol. The number of nitrogens with zero attached hydrogens (tertiary/aromatic N) is 1. The summed E-state index contributed by atoms with van der Waals surface area (Å²) in [5.74, 6) is 0.680. The standard InChI is InChI=1S/C29H28F3NO3.ClH/c1-3-33(4-2)18-7-19-35-23-16-12-21(13-17-23)28-26(24-8-5-6-9-25(24)36-28)27(34)20-10-14-22(15-11-20)29(30,31)32;/h5-6,8-17H,3-4,7,18-19H2,1-2H3;1H. The topological polar surface area (TPSA) is 42.7 Å². The van der Waals surface area contributed by atoms with E-state index in [0.717, 1.165) is 38.2 Å². The van der Waals surface area contributed by atoms with Gasteiger partial charge in [-0.3, -0.25) is 4.79 Å². The van der Waals surface area contributed by atoms with E-state index in [1.807, 2.05) is 24.3 Å². The summed E-state index contributed by atoms with van der Waals surface area (Å²) in [6.45, 7) is 7.86. The van der Waals surface area contributed by atoms with Crippen LogP contribution in [-0.4, -0.2) is 36.9 Å². The third-order valence-electron chi connectivity index (χ3n) is 6.20. The van der Waals surface area contributed by atoms with Crippen molar-refractivity contribution in [2.24, 2.45) is 0 Å². The van der Waals surface area contributed by atoms with E-state index in [0.29, 0.717) is 40.2 Å². The van der Waals surface area contributed by atoms with Gasteiger partial charge in [-0.1, -0.05) is 44.2 Å². The van der Waals surface area contributed by atoms with Gasteiger partial charge in [-0.15, -0.1) is 12.4 Å². The molecule has 0 fully saturated rings. The Hall–Kier alpha value is -3.29. The van der Waals surface area contributed by atoms with Gasteiger partial charge in [0.1, 0.15) is 17.1 Å². The number of carbonyl (C=O) groups is 1. The first kappa shape index (κ1) is 28.3. The molecule has 0 spiro atoms. The zero-order chi connectivity index (χ0) is 25.7. The third-order valence-corrected chi connectivity index (χ3v) is 6.20. The smallest absolute Gasteiger partial charge is 0.416 e. The summed E-state index contributed by atoms with van der Waals surface area (Å²) in [6, 6.07) is 18.7. The van der Waals surface area contributed by atoms with Crippen molar-refractivity contribution in [3.05, 3.63) is 89.5 Å². The number of furan rings is 1. The Bertz CT molecular complexity index is 1310. The van der Waals surface area contributed by atoms with E-state index in [-0.39, 0.29) is 18.0 Å². The summed E-state index contributed by atoms with van der Waals surface area (Å²) in [4.78, 5) is 15.8. The van der Waals surface area contributed by atoms with Gasteiger partial charge in [0.05, 0.1) is 17.7 Å². The van der Waals surface area contributed by atoms with E-state index in [2.05, 4.69) is 18.7 Å². The Morgan fingerprint density at radius 3 is 2.19 bits per heavy atom. The van der Waals surface area contributed by atoms with Gasteiger partial charge in [-0.2, -0.15) is 13.2 Å². The Labute approximate surface area is 220 Å². The molecule has 0 aliphatic heterocycles. The van der Waals surface area contributed by atoms with Crippen LogP contribution in [0.4, 0.5) is 13.2 Å². The second-order valence-corrected chi connectivity index (χ2v) is 8.46. The molecule has 4 aromatic rings. The van der Waals surface area contributed by atoms with E-state index in [1.54, 1.807) is 24.3 Å². The lowest BCUT2D eigenvalue weighted by molar-refractivity contribution is -0.137. The van der Waals surface area contributed by atoms with Crippen molar-refractivity contribution >= 4 is 29.2 Å². The fraction of sp³-hybridized carbons (Fsp3) is 0.276. The number of alkyl halides is 3. The molecule has 37 heavy (non-hydrogen) atoms. The molecule has 0 saturated heterocycles. The van der Waals surface area contributed by atoms with Crippen LogP contribution in [0.2, 0.25) is 0 Å². The largest absolute Gasteiger partial charge is 0.494 e. The number of fused-ring (bicyclic) bond motifs is 1. The molecule has 1 heterocycles. The number of hydrogen-bond donors (Lipinski definition) is 0. The quantitative estimate of drug-likeness (QED) is 0.154. The van der Waals surface area contributed by atoms with Crippen molar-refractivity contribution in [1.29, 1.82) is 0 Å². The average Bonchev–Trinajstić information content (AvgIpc) is 3.28. The van der Waals surface area contributed by atoms with Crippen LogP contribution in [0.1, 0.15) is 41.8 Å². The van der Waals surface area contributed by atoms with E-state index in [9.17, 15) is 18.0 Å². The second-order valence-electron chi connectivity index (χ2n) is 8.46. The number of para-hydroxylation sites is 1. The van der Waals surface area contributed by atoms with Crippen LogP contribution < -0.4 is 4.74 Å². The maximum Gasteiger partial charge on any atom is 0.416 e. The SMILES string of the molecule is CCN(CC)CCCOc1ccc(-c2oc3ccccc3c2C(=O)c2ccc(C(F)(F)F)cc2)cc1.Cl. The van der Waals surface area contributed by atoms with Crippen LogP contribution in [0.3, 0.4) is 0 Å². The Balaban J connectivity index is 0.00000380. The summed E-state index contributed by atoms with van der Waals surface area (Å²) in [5.41, 5.74) is 0.877. The van der Waals surface area contributed by atoms with Gasteiger partial charge in [0.2, 0.25) is 0 Å². The molecule has 8 heteroatoms. The van der Waals surface area contributed by atoms with Crippen molar-refractivity contribution in [1.82, 2.24) is 4.90 Å². The van der Waals surface area contributed by atoms with E-state index < -0.39 is 17.5 Å². The summed E-state index contributed by atoms with van der Waals surface area (Å²) in [6.07, 6.45) is -3.55. The summed E-state index contributed by atoms with van der Waals surface area (Å²) in [5, 5.41) is 0.606. The van der Waals surface area contributed by atoms with Crippen molar-refractivity contribution in [3.8, 4) is 17.1 Å². The Morgan fingerprint density at radius 2 is 1.57 bits per heavy atom. The van der Waals surface area contributed by atoms with E-state index in [4.69, 9.17) is 9.15 Å². The predicted octanol–water partition coefficient (Wildman–Crippen LogP) is 7.88. The minimum atomic E-state index is -4.47.